The Bertz CT molecular complexity index is 536. The molecule has 1 unspecified atom stereocenters. The number of rotatable bonds is 7. The lowest BCUT2D eigenvalue weighted by atomic mass is 10.1. The molecule has 2 aromatic carbocycles. The maximum absolute atomic E-state index is 3.59. The van der Waals surface area contributed by atoms with Crippen LogP contribution in [0.4, 0.5) is 0 Å². The average Bonchev–Trinajstić information content (AvgIpc) is 2.49. The van der Waals surface area contributed by atoms with Crippen LogP contribution in [0.5, 0.6) is 0 Å². The minimum atomic E-state index is 0.502. The van der Waals surface area contributed by atoms with Crippen molar-refractivity contribution in [3.8, 4) is 0 Å². The molecule has 0 spiro atoms. The predicted octanol–water partition coefficient (Wildman–Crippen LogP) is 5.07. The van der Waals surface area contributed by atoms with Crippen molar-refractivity contribution in [1.29, 1.82) is 0 Å². The Kier molecular flexibility index (Phi) is 6.81. The first-order valence-electron chi connectivity index (χ1n) is 7.34. The van der Waals surface area contributed by atoms with Gasteiger partial charge in [0.25, 0.3) is 0 Å². The second-order valence-electron chi connectivity index (χ2n) is 5.21. The van der Waals surface area contributed by atoms with Crippen LogP contribution in [0.1, 0.15) is 18.1 Å². The maximum Gasteiger partial charge on any atom is 0.0201 e. The first kappa shape index (κ1) is 16.6. The molecule has 1 N–H and O–H groups in total. The van der Waals surface area contributed by atoms with Gasteiger partial charge in [-0.15, -0.1) is 11.8 Å². The highest BCUT2D eigenvalue weighted by atomic mass is 79.9. The molecule has 1 nitrogen and oxygen atoms in total. The predicted molar refractivity (Wildman–Crippen MR) is 97.2 cm³/mol. The Balaban J connectivity index is 1.92. The zero-order chi connectivity index (χ0) is 15.1. The summed E-state index contributed by atoms with van der Waals surface area (Å²) in [6, 6.07) is 17.9. The number of nitrogens with one attached hydrogen (secondary N) is 1. The normalized spacial score (nSPS) is 12.3. The molecular weight excluding hydrogens is 342 g/mol. The number of hydrogen-bond donors (Lipinski definition) is 1. The van der Waals surface area contributed by atoms with Gasteiger partial charge in [0.2, 0.25) is 0 Å². The third-order valence-electron chi connectivity index (χ3n) is 3.36. The van der Waals surface area contributed by atoms with E-state index in [2.05, 4.69) is 83.6 Å². The Morgan fingerprint density at radius 3 is 2.33 bits per heavy atom. The van der Waals surface area contributed by atoms with Crippen LogP contribution in [0, 0.1) is 6.92 Å². The standard InChI is InChI=1S/C18H22BrNS/c1-3-20-17(12-15-6-8-16(19)9-7-15)13-21-18-10-4-14(2)5-11-18/h4-11,17,20H,3,12-13H2,1-2H3. The Hall–Kier alpha value is -0.770. The molecule has 2 rings (SSSR count). The van der Waals surface area contributed by atoms with Crippen LogP contribution in [-0.2, 0) is 6.42 Å². The van der Waals surface area contributed by atoms with E-state index in [4.69, 9.17) is 0 Å². The monoisotopic (exact) mass is 363 g/mol. The van der Waals surface area contributed by atoms with Crippen molar-refractivity contribution in [3.05, 3.63) is 64.1 Å². The van der Waals surface area contributed by atoms with Gasteiger partial charge in [0.15, 0.2) is 0 Å². The maximum atomic E-state index is 3.59. The van der Waals surface area contributed by atoms with E-state index in [1.165, 1.54) is 16.0 Å². The van der Waals surface area contributed by atoms with Crippen molar-refractivity contribution in [2.24, 2.45) is 0 Å². The van der Waals surface area contributed by atoms with Crippen LogP contribution in [0.2, 0.25) is 0 Å². The van der Waals surface area contributed by atoms with Crippen molar-refractivity contribution < 1.29 is 0 Å². The molecule has 0 fully saturated rings. The van der Waals surface area contributed by atoms with Crippen LogP contribution in [0.25, 0.3) is 0 Å². The van der Waals surface area contributed by atoms with Crippen molar-refractivity contribution in [2.75, 3.05) is 12.3 Å². The third kappa shape index (κ3) is 5.85. The van der Waals surface area contributed by atoms with Gasteiger partial charge in [-0.25, -0.2) is 0 Å². The Labute approximate surface area is 140 Å². The van der Waals surface area contributed by atoms with E-state index < -0.39 is 0 Å². The van der Waals surface area contributed by atoms with Crippen molar-refractivity contribution in [2.45, 2.75) is 31.2 Å². The van der Waals surface area contributed by atoms with Crippen LogP contribution < -0.4 is 5.32 Å². The number of aryl methyl sites for hydroxylation is 1. The van der Waals surface area contributed by atoms with Gasteiger partial charge in [0, 0.05) is 21.2 Å². The van der Waals surface area contributed by atoms with Crippen LogP contribution >= 0.6 is 27.7 Å². The van der Waals surface area contributed by atoms with E-state index in [0.717, 1.165) is 23.2 Å². The van der Waals surface area contributed by atoms with Gasteiger partial charge in [-0.3, -0.25) is 0 Å². The fourth-order valence-electron chi connectivity index (χ4n) is 2.22. The lowest BCUT2D eigenvalue weighted by molar-refractivity contribution is 0.572. The lowest BCUT2D eigenvalue weighted by Crippen LogP contribution is -2.33. The fourth-order valence-corrected chi connectivity index (χ4v) is 3.44. The molecule has 1 atom stereocenters. The van der Waals surface area contributed by atoms with E-state index in [1.54, 1.807) is 0 Å². The zero-order valence-corrected chi connectivity index (χ0v) is 15.0. The second kappa shape index (κ2) is 8.62. The number of benzene rings is 2. The number of thioether (sulfide) groups is 1. The van der Waals surface area contributed by atoms with Gasteiger partial charge < -0.3 is 5.32 Å². The zero-order valence-electron chi connectivity index (χ0n) is 12.6. The van der Waals surface area contributed by atoms with Gasteiger partial charge in [-0.2, -0.15) is 0 Å². The molecule has 0 radical (unpaired) electrons. The van der Waals surface area contributed by atoms with Gasteiger partial charge in [0.05, 0.1) is 0 Å². The molecule has 0 aliphatic carbocycles. The molecule has 0 aliphatic heterocycles. The summed E-state index contributed by atoms with van der Waals surface area (Å²) in [4.78, 5) is 1.35. The van der Waals surface area contributed by atoms with E-state index in [0.29, 0.717) is 6.04 Å². The van der Waals surface area contributed by atoms with Crippen molar-refractivity contribution >= 4 is 27.7 Å². The molecule has 2 aromatic rings. The largest absolute Gasteiger partial charge is 0.313 e. The molecule has 0 aromatic heterocycles. The highest BCUT2D eigenvalue weighted by molar-refractivity contribution is 9.10. The molecule has 0 aliphatic rings. The second-order valence-corrected chi connectivity index (χ2v) is 7.22. The first-order chi connectivity index (χ1) is 10.2. The molecule has 0 saturated carbocycles. The van der Waals surface area contributed by atoms with E-state index >= 15 is 0 Å². The van der Waals surface area contributed by atoms with Crippen LogP contribution in [-0.4, -0.2) is 18.3 Å². The summed E-state index contributed by atoms with van der Waals surface area (Å²) in [7, 11) is 0. The Morgan fingerprint density at radius 2 is 1.71 bits per heavy atom. The Morgan fingerprint density at radius 1 is 1.05 bits per heavy atom. The number of halogens is 1. The van der Waals surface area contributed by atoms with E-state index in [9.17, 15) is 0 Å². The fraction of sp³-hybridized carbons (Fsp3) is 0.333. The summed E-state index contributed by atoms with van der Waals surface area (Å²) in [5.41, 5.74) is 2.70. The smallest absolute Gasteiger partial charge is 0.0201 e. The van der Waals surface area contributed by atoms with Gasteiger partial charge in [0.1, 0.15) is 0 Å². The third-order valence-corrected chi connectivity index (χ3v) is 5.06. The van der Waals surface area contributed by atoms with Crippen LogP contribution in [0.15, 0.2) is 57.9 Å². The molecular formula is C18H22BrNS. The summed E-state index contributed by atoms with van der Waals surface area (Å²) in [5.74, 6) is 1.09. The minimum absolute atomic E-state index is 0.502. The molecule has 0 bridgehead atoms. The molecule has 3 heteroatoms. The molecule has 21 heavy (non-hydrogen) atoms. The summed E-state index contributed by atoms with van der Waals surface area (Å²) in [6.45, 7) is 5.31. The van der Waals surface area contributed by atoms with Gasteiger partial charge in [-0.05, 0) is 49.7 Å². The highest BCUT2D eigenvalue weighted by Crippen LogP contribution is 2.21. The summed E-state index contributed by atoms with van der Waals surface area (Å²) in [6.07, 6.45) is 1.07. The van der Waals surface area contributed by atoms with Crippen LogP contribution in [0.3, 0.4) is 0 Å². The minimum Gasteiger partial charge on any atom is -0.313 e. The molecule has 0 heterocycles. The molecule has 112 valence electrons. The number of hydrogen-bond acceptors (Lipinski definition) is 2. The summed E-state index contributed by atoms with van der Waals surface area (Å²) < 4.78 is 1.14. The van der Waals surface area contributed by atoms with E-state index in [1.807, 2.05) is 11.8 Å². The van der Waals surface area contributed by atoms with Crippen molar-refractivity contribution in [1.82, 2.24) is 5.32 Å². The quantitative estimate of drug-likeness (QED) is 0.689. The summed E-state index contributed by atoms with van der Waals surface area (Å²) in [5, 5.41) is 3.59. The lowest BCUT2D eigenvalue weighted by Gasteiger charge is -2.18. The van der Waals surface area contributed by atoms with Gasteiger partial charge >= 0.3 is 0 Å². The SMILES string of the molecule is CCNC(CSc1ccc(C)cc1)Cc1ccc(Br)cc1. The van der Waals surface area contributed by atoms with Gasteiger partial charge in [-0.1, -0.05) is 52.7 Å². The summed E-state index contributed by atoms with van der Waals surface area (Å²) >= 11 is 5.42. The first-order valence-corrected chi connectivity index (χ1v) is 9.12. The average molecular weight is 364 g/mol. The number of likely N-dealkylation sites (N-methyl/N-ethyl adjacent to an activating group) is 1. The topological polar surface area (TPSA) is 12.0 Å². The molecule has 0 amide bonds. The molecule has 0 saturated heterocycles. The highest BCUT2D eigenvalue weighted by Gasteiger charge is 2.09. The van der Waals surface area contributed by atoms with E-state index in [-0.39, 0.29) is 0 Å². The van der Waals surface area contributed by atoms with Crippen molar-refractivity contribution in [3.63, 3.8) is 0 Å².